The SMILES string of the molecule is COc1ccccc1-c1cc(CN(C(=O)c2ccc(F)cc2)C2CC2)no1. The van der Waals surface area contributed by atoms with Gasteiger partial charge >= 0.3 is 0 Å². The van der Waals surface area contributed by atoms with Crippen molar-refractivity contribution in [3.05, 3.63) is 71.7 Å². The van der Waals surface area contributed by atoms with Crippen molar-refractivity contribution in [3.63, 3.8) is 0 Å². The molecule has 0 bridgehead atoms. The molecular weight excluding hydrogens is 347 g/mol. The Morgan fingerprint density at radius 1 is 1.22 bits per heavy atom. The monoisotopic (exact) mass is 366 g/mol. The molecule has 0 radical (unpaired) electrons. The van der Waals surface area contributed by atoms with Crippen molar-refractivity contribution in [2.24, 2.45) is 0 Å². The lowest BCUT2D eigenvalue weighted by Crippen LogP contribution is -2.32. The number of carbonyl (C=O) groups is 1. The molecular formula is C21H19FN2O3. The molecule has 0 unspecified atom stereocenters. The Labute approximate surface area is 156 Å². The minimum Gasteiger partial charge on any atom is -0.496 e. The minimum atomic E-state index is -0.359. The highest BCUT2D eigenvalue weighted by molar-refractivity contribution is 5.94. The lowest BCUT2D eigenvalue weighted by molar-refractivity contribution is 0.0726. The van der Waals surface area contributed by atoms with Gasteiger partial charge < -0.3 is 14.2 Å². The van der Waals surface area contributed by atoms with Crippen LogP contribution >= 0.6 is 0 Å². The van der Waals surface area contributed by atoms with Gasteiger partial charge in [-0.05, 0) is 49.2 Å². The Morgan fingerprint density at radius 2 is 1.96 bits per heavy atom. The zero-order valence-electron chi connectivity index (χ0n) is 14.9. The normalized spacial score (nSPS) is 13.4. The van der Waals surface area contributed by atoms with Crippen LogP contribution in [0.15, 0.2) is 59.1 Å². The molecule has 1 fully saturated rings. The van der Waals surface area contributed by atoms with Gasteiger partial charge in [0.1, 0.15) is 17.3 Å². The second-order valence-electron chi connectivity index (χ2n) is 6.55. The van der Waals surface area contributed by atoms with E-state index in [1.807, 2.05) is 30.3 Å². The number of carbonyl (C=O) groups excluding carboxylic acids is 1. The van der Waals surface area contributed by atoms with Crippen LogP contribution in [0.3, 0.4) is 0 Å². The summed E-state index contributed by atoms with van der Waals surface area (Å²) in [6.07, 6.45) is 1.92. The molecule has 4 rings (SSSR count). The van der Waals surface area contributed by atoms with Crippen molar-refractivity contribution in [1.29, 1.82) is 0 Å². The van der Waals surface area contributed by atoms with E-state index in [-0.39, 0.29) is 17.8 Å². The number of benzene rings is 2. The van der Waals surface area contributed by atoms with Gasteiger partial charge in [-0.2, -0.15) is 0 Å². The van der Waals surface area contributed by atoms with Crippen molar-refractivity contribution >= 4 is 5.91 Å². The molecule has 1 amide bonds. The van der Waals surface area contributed by atoms with E-state index in [0.717, 1.165) is 18.4 Å². The summed E-state index contributed by atoms with van der Waals surface area (Å²) in [6.45, 7) is 0.347. The smallest absolute Gasteiger partial charge is 0.254 e. The number of hydrogen-bond donors (Lipinski definition) is 0. The van der Waals surface area contributed by atoms with Crippen molar-refractivity contribution in [1.82, 2.24) is 10.1 Å². The van der Waals surface area contributed by atoms with Crippen molar-refractivity contribution in [3.8, 4) is 17.1 Å². The first-order valence-corrected chi connectivity index (χ1v) is 8.81. The molecule has 0 atom stereocenters. The number of methoxy groups -OCH3 is 1. The highest BCUT2D eigenvalue weighted by Crippen LogP contribution is 2.32. The number of aromatic nitrogens is 1. The Hall–Kier alpha value is -3.15. The van der Waals surface area contributed by atoms with Crippen LogP contribution in [0, 0.1) is 5.82 Å². The predicted molar refractivity (Wildman–Crippen MR) is 97.8 cm³/mol. The maximum atomic E-state index is 13.1. The average molecular weight is 366 g/mol. The van der Waals surface area contributed by atoms with Crippen LogP contribution in [0.1, 0.15) is 28.9 Å². The molecule has 1 saturated carbocycles. The highest BCUT2D eigenvalue weighted by Gasteiger charge is 2.33. The molecule has 27 heavy (non-hydrogen) atoms. The van der Waals surface area contributed by atoms with Crippen LogP contribution in [-0.4, -0.2) is 29.1 Å². The number of rotatable bonds is 6. The second-order valence-corrected chi connectivity index (χ2v) is 6.55. The quantitative estimate of drug-likeness (QED) is 0.653. The number of ether oxygens (including phenoxy) is 1. The van der Waals surface area contributed by atoms with Crippen LogP contribution in [0.25, 0.3) is 11.3 Å². The number of hydrogen-bond acceptors (Lipinski definition) is 4. The van der Waals surface area contributed by atoms with Crippen LogP contribution in [0.5, 0.6) is 5.75 Å². The number of halogens is 1. The number of para-hydroxylation sites is 1. The van der Waals surface area contributed by atoms with E-state index in [4.69, 9.17) is 9.26 Å². The lowest BCUT2D eigenvalue weighted by Gasteiger charge is -2.21. The standard InChI is InChI=1S/C21H19FN2O3/c1-26-19-5-3-2-4-18(19)20-12-16(23-27-20)13-24(17-10-11-17)21(25)14-6-8-15(22)9-7-14/h2-9,12,17H,10-11,13H2,1H3. The third-order valence-corrected chi connectivity index (χ3v) is 4.60. The Morgan fingerprint density at radius 3 is 2.67 bits per heavy atom. The molecule has 1 heterocycles. The summed E-state index contributed by atoms with van der Waals surface area (Å²) in [6, 6.07) is 15.2. The molecule has 1 aliphatic carbocycles. The zero-order chi connectivity index (χ0) is 18.8. The Balaban J connectivity index is 1.56. The van der Waals surface area contributed by atoms with Gasteiger partial charge in [0.2, 0.25) is 0 Å². The summed E-state index contributed by atoms with van der Waals surface area (Å²) in [5.41, 5.74) is 1.94. The van der Waals surface area contributed by atoms with Gasteiger partial charge in [0.05, 0.1) is 19.2 Å². The molecule has 6 heteroatoms. The molecule has 0 spiro atoms. The van der Waals surface area contributed by atoms with Crippen LogP contribution in [0.2, 0.25) is 0 Å². The molecule has 1 aliphatic rings. The van der Waals surface area contributed by atoms with E-state index in [1.54, 1.807) is 12.0 Å². The molecule has 2 aromatic carbocycles. The summed E-state index contributed by atoms with van der Waals surface area (Å²) < 4.78 is 24.0. The first-order valence-electron chi connectivity index (χ1n) is 8.81. The highest BCUT2D eigenvalue weighted by atomic mass is 19.1. The maximum Gasteiger partial charge on any atom is 0.254 e. The van der Waals surface area contributed by atoms with Crippen LogP contribution in [-0.2, 0) is 6.54 Å². The van der Waals surface area contributed by atoms with E-state index >= 15 is 0 Å². The molecule has 138 valence electrons. The molecule has 3 aromatic rings. The first kappa shape index (κ1) is 17.3. The first-order chi connectivity index (χ1) is 13.2. The predicted octanol–water partition coefficient (Wildman–Crippen LogP) is 4.29. The molecule has 0 saturated heterocycles. The van der Waals surface area contributed by atoms with Crippen molar-refractivity contribution in [2.75, 3.05) is 7.11 Å². The summed E-state index contributed by atoms with van der Waals surface area (Å²) in [7, 11) is 1.60. The summed E-state index contributed by atoms with van der Waals surface area (Å²) in [5, 5.41) is 4.12. The Kier molecular flexibility index (Phi) is 4.62. The summed E-state index contributed by atoms with van der Waals surface area (Å²) in [4.78, 5) is 14.6. The number of nitrogens with zero attached hydrogens (tertiary/aromatic N) is 2. The van der Waals surface area contributed by atoms with E-state index < -0.39 is 0 Å². The van der Waals surface area contributed by atoms with Crippen molar-refractivity contribution < 1.29 is 18.4 Å². The van der Waals surface area contributed by atoms with Crippen LogP contribution in [0.4, 0.5) is 4.39 Å². The van der Waals surface area contributed by atoms with Gasteiger partial charge in [0, 0.05) is 17.7 Å². The molecule has 0 aliphatic heterocycles. The molecule has 5 nitrogen and oxygen atoms in total. The van der Waals surface area contributed by atoms with Gasteiger partial charge in [0.15, 0.2) is 5.76 Å². The fourth-order valence-electron chi connectivity index (χ4n) is 3.05. The fourth-order valence-corrected chi connectivity index (χ4v) is 3.05. The average Bonchev–Trinajstić information content (AvgIpc) is 3.44. The minimum absolute atomic E-state index is 0.126. The number of amides is 1. The summed E-state index contributed by atoms with van der Waals surface area (Å²) in [5.74, 6) is 0.802. The summed E-state index contributed by atoms with van der Waals surface area (Å²) >= 11 is 0. The van der Waals surface area contributed by atoms with Gasteiger partial charge in [-0.1, -0.05) is 17.3 Å². The van der Waals surface area contributed by atoms with E-state index in [2.05, 4.69) is 5.16 Å². The zero-order valence-corrected chi connectivity index (χ0v) is 14.9. The van der Waals surface area contributed by atoms with E-state index in [1.165, 1.54) is 24.3 Å². The van der Waals surface area contributed by atoms with E-state index in [0.29, 0.717) is 29.3 Å². The van der Waals surface area contributed by atoms with Crippen LogP contribution < -0.4 is 4.74 Å². The van der Waals surface area contributed by atoms with Gasteiger partial charge in [-0.25, -0.2) is 4.39 Å². The lowest BCUT2D eigenvalue weighted by atomic mass is 10.1. The largest absolute Gasteiger partial charge is 0.496 e. The van der Waals surface area contributed by atoms with Gasteiger partial charge in [0.25, 0.3) is 5.91 Å². The third kappa shape index (κ3) is 3.69. The second kappa shape index (κ2) is 7.23. The third-order valence-electron chi connectivity index (χ3n) is 4.60. The van der Waals surface area contributed by atoms with Gasteiger partial charge in [-0.15, -0.1) is 0 Å². The van der Waals surface area contributed by atoms with Gasteiger partial charge in [-0.3, -0.25) is 4.79 Å². The fraction of sp³-hybridized carbons (Fsp3) is 0.238. The molecule has 0 N–H and O–H groups in total. The van der Waals surface area contributed by atoms with Crippen molar-refractivity contribution in [2.45, 2.75) is 25.4 Å². The Bertz CT molecular complexity index is 948. The topological polar surface area (TPSA) is 55.6 Å². The molecule has 1 aromatic heterocycles. The maximum absolute atomic E-state index is 13.1. The van der Waals surface area contributed by atoms with E-state index in [9.17, 15) is 9.18 Å².